The number of nitrogens with one attached hydrogen (secondary N) is 1. The predicted octanol–water partition coefficient (Wildman–Crippen LogP) is 3.44. The third-order valence-electron chi connectivity index (χ3n) is 8.11. The van der Waals surface area contributed by atoms with Gasteiger partial charge >= 0.3 is 13.2 Å². The van der Waals surface area contributed by atoms with Crippen LogP contribution in [0.4, 0.5) is 13.6 Å². The SMILES string of the molecule is CC(C)(C=C(C#N)C(=O)N1CCCCC1COC(=O)N[C@@H](Cc1cccc2ccccc12)B(O)O)N1CCC(F)(F)C1. The summed E-state index contributed by atoms with van der Waals surface area (Å²) in [4.78, 5) is 29.2. The zero-order valence-electron chi connectivity index (χ0n) is 23.9. The molecule has 2 atom stereocenters. The van der Waals surface area contributed by atoms with Crippen molar-refractivity contribution < 1.29 is 33.2 Å². The molecule has 42 heavy (non-hydrogen) atoms. The Kier molecular flexibility index (Phi) is 9.87. The first-order chi connectivity index (χ1) is 19.9. The molecule has 0 bridgehead atoms. The lowest BCUT2D eigenvalue weighted by molar-refractivity contribution is -0.131. The van der Waals surface area contributed by atoms with E-state index in [1.807, 2.05) is 48.5 Å². The first-order valence-electron chi connectivity index (χ1n) is 14.2. The lowest BCUT2D eigenvalue weighted by Gasteiger charge is -2.36. The van der Waals surface area contributed by atoms with E-state index in [4.69, 9.17) is 4.74 Å². The van der Waals surface area contributed by atoms with Crippen molar-refractivity contribution in [1.29, 1.82) is 5.26 Å². The van der Waals surface area contributed by atoms with Crippen LogP contribution < -0.4 is 5.32 Å². The molecular formula is C30H37BF2N4O5. The van der Waals surface area contributed by atoms with E-state index in [2.05, 4.69) is 5.32 Å². The molecule has 224 valence electrons. The number of halogens is 2. The minimum atomic E-state index is -2.81. The van der Waals surface area contributed by atoms with Crippen LogP contribution in [0.25, 0.3) is 10.8 Å². The molecule has 9 nitrogen and oxygen atoms in total. The highest BCUT2D eigenvalue weighted by Gasteiger charge is 2.43. The van der Waals surface area contributed by atoms with E-state index in [1.165, 1.54) is 11.0 Å². The number of nitrogens with zero attached hydrogens (tertiary/aromatic N) is 3. The van der Waals surface area contributed by atoms with E-state index in [9.17, 15) is 33.7 Å². The van der Waals surface area contributed by atoms with Crippen LogP contribution in [0.5, 0.6) is 0 Å². The number of amides is 2. The molecule has 0 spiro atoms. The van der Waals surface area contributed by atoms with Gasteiger partial charge in [-0.3, -0.25) is 9.69 Å². The maximum Gasteiger partial charge on any atom is 0.475 e. The van der Waals surface area contributed by atoms with E-state index in [0.717, 1.165) is 22.8 Å². The molecule has 4 rings (SSSR count). The summed E-state index contributed by atoms with van der Waals surface area (Å²) >= 11 is 0. The third kappa shape index (κ3) is 7.65. The number of rotatable bonds is 9. The minimum absolute atomic E-state index is 0.148. The Balaban J connectivity index is 1.39. The normalized spacial score (nSPS) is 20.2. The van der Waals surface area contributed by atoms with Crippen LogP contribution >= 0.6 is 0 Å². The summed E-state index contributed by atoms with van der Waals surface area (Å²) in [5.41, 5.74) is -0.260. The highest BCUT2D eigenvalue weighted by Crippen LogP contribution is 2.33. The van der Waals surface area contributed by atoms with Crippen LogP contribution in [0.15, 0.2) is 54.1 Å². The largest absolute Gasteiger partial charge is 0.475 e. The van der Waals surface area contributed by atoms with Gasteiger partial charge in [-0.2, -0.15) is 5.26 Å². The predicted molar refractivity (Wildman–Crippen MR) is 154 cm³/mol. The number of hydrogen-bond acceptors (Lipinski definition) is 7. The van der Waals surface area contributed by atoms with Gasteiger partial charge in [-0.1, -0.05) is 42.5 Å². The van der Waals surface area contributed by atoms with Gasteiger partial charge in [0.1, 0.15) is 18.2 Å². The molecule has 2 saturated heterocycles. The highest BCUT2D eigenvalue weighted by atomic mass is 19.3. The van der Waals surface area contributed by atoms with Crippen molar-refractivity contribution in [3.05, 3.63) is 59.7 Å². The molecular weight excluding hydrogens is 545 g/mol. The Bertz CT molecular complexity index is 1360. The number of ether oxygens (including phenoxy) is 1. The maximum atomic E-state index is 13.8. The fourth-order valence-corrected chi connectivity index (χ4v) is 5.71. The molecule has 0 saturated carbocycles. The second kappa shape index (κ2) is 13.2. The monoisotopic (exact) mass is 582 g/mol. The van der Waals surface area contributed by atoms with Gasteiger partial charge in [-0.15, -0.1) is 0 Å². The van der Waals surface area contributed by atoms with Crippen molar-refractivity contribution in [3.8, 4) is 6.07 Å². The fourth-order valence-electron chi connectivity index (χ4n) is 5.71. The fraction of sp³-hybridized carbons (Fsp3) is 0.500. The molecule has 2 amide bonds. The smallest absolute Gasteiger partial charge is 0.447 e. The number of alkyl carbamates (subject to hydrolysis) is 1. The topological polar surface area (TPSA) is 126 Å². The van der Waals surface area contributed by atoms with Crippen molar-refractivity contribution in [3.63, 3.8) is 0 Å². The van der Waals surface area contributed by atoms with Crippen LogP contribution in [0.1, 0.15) is 45.1 Å². The second-order valence-corrected chi connectivity index (χ2v) is 11.6. The summed E-state index contributed by atoms with van der Waals surface area (Å²) in [5.74, 6) is -4.39. The van der Waals surface area contributed by atoms with Crippen LogP contribution in [-0.4, -0.2) is 88.7 Å². The van der Waals surface area contributed by atoms with E-state index >= 15 is 0 Å². The molecule has 2 aromatic rings. The van der Waals surface area contributed by atoms with Gasteiger partial charge in [-0.05, 0) is 61.9 Å². The minimum Gasteiger partial charge on any atom is -0.447 e. The van der Waals surface area contributed by atoms with Gasteiger partial charge in [0.25, 0.3) is 11.8 Å². The van der Waals surface area contributed by atoms with Crippen LogP contribution in [0.3, 0.4) is 0 Å². The summed E-state index contributed by atoms with van der Waals surface area (Å²) in [5, 5.41) is 34.2. The van der Waals surface area contributed by atoms with E-state index in [-0.39, 0.29) is 31.6 Å². The van der Waals surface area contributed by atoms with Crippen molar-refractivity contribution in [2.75, 3.05) is 26.2 Å². The lowest BCUT2D eigenvalue weighted by atomic mass is 9.75. The number of likely N-dealkylation sites (tertiary alicyclic amines) is 2. The van der Waals surface area contributed by atoms with Gasteiger partial charge in [0.15, 0.2) is 0 Å². The van der Waals surface area contributed by atoms with Gasteiger partial charge in [0.05, 0.1) is 18.5 Å². The van der Waals surface area contributed by atoms with Gasteiger partial charge in [0, 0.05) is 25.0 Å². The maximum absolute atomic E-state index is 13.8. The molecule has 2 heterocycles. The van der Waals surface area contributed by atoms with Crippen LogP contribution in [0, 0.1) is 11.3 Å². The van der Waals surface area contributed by atoms with Gasteiger partial charge < -0.3 is 25.0 Å². The third-order valence-corrected chi connectivity index (χ3v) is 8.11. The first kappa shape index (κ1) is 31.4. The summed E-state index contributed by atoms with van der Waals surface area (Å²) in [6.07, 6.45) is 2.49. The summed E-state index contributed by atoms with van der Waals surface area (Å²) in [6.45, 7) is 3.32. The number of nitriles is 1. The number of piperidine rings is 1. The molecule has 12 heteroatoms. The zero-order chi connectivity index (χ0) is 30.5. The lowest BCUT2D eigenvalue weighted by Crippen LogP contribution is -2.50. The molecule has 0 aliphatic carbocycles. The standard InChI is InChI=1S/C30H37BF2N4O5/c1-29(2,36-15-13-30(32,33)20-36)17-23(18-34)27(38)37-14-6-5-11-24(37)19-42-28(39)35-26(31(40)41)16-22-10-7-9-21-8-3-4-12-25(21)22/h3-4,7-10,12,17,24,26,40-41H,5-6,11,13-16,19-20H2,1-2H3,(H,35,39)/t24?,26-/m0/s1. The summed E-state index contributed by atoms with van der Waals surface area (Å²) < 4.78 is 33.1. The summed E-state index contributed by atoms with van der Waals surface area (Å²) in [7, 11) is -1.84. The van der Waals surface area contributed by atoms with Crippen molar-refractivity contribution in [2.45, 2.75) is 69.4 Å². The summed E-state index contributed by atoms with van der Waals surface area (Å²) in [6, 6.07) is 14.8. The Morgan fingerprint density at radius 3 is 2.64 bits per heavy atom. The molecule has 2 aliphatic heterocycles. The average molecular weight is 582 g/mol. The average Bonchev–Trinajstić information content (AvgIpc) is 3.34. The second-order valence-electron chi connectivity index (χ2n) is 11.6. The number of carbonyl (C=O) groups excluding carboxylic acids is 2. The van der Waals surface area contributed by atoms with Crippen LogP contribution in [-0.2, 0) is 16.0 Å². The number of fused-ring (bicyclic) bond motifs is 1. The Labute approximate surface area is 244 Å². The van der Waals surface area contributed by atoms with E-state index in [0.29, 0.717) is 19.4 Å². The molecule has 2 aromatic carbocycles. The molecule has 0 radical (unpaired) electrons. The van der Waals surface area contributed by atoms with E-state index < -0.39 is 49.1 Å². The zero-order valence-corrected chi connectivity index (χ0v) is 23.9. The number of benzene rings is 2. The Morgan fingerprint density at radius 1 is 1.21 bits per heavy atom. The molecule has 3 N–H and O–H groups in total. The Morgan fingerprint density at radius 2 is 1.95 bits per heavy atom. The van der Waals surface area contributed by atoms with Crippen molar-refractivity contribution in [2.24, 2.45) is 0 Å². The molecule has 2 aliphatic rings. The van der Waals surface area contributed by atoms with E-state index in [1.54, 1.807) is 18.7 Å². The molecule has 1 unspecified atom stereocenters. The van der Waals surface area contributed by atoms with Gasteiger partial charge in [0.2, 0.25) is 0 Å². The molecule has 0 aromatic heterocycles. The Hall–Kier alpha value is -3.53. The number of hydrogen-bond donors (Lipinski definition) is 3. The van der Waals surface area contributed by atoms with Gasteiger partial charge in [-0.25, -0.2) is 13.6 Å². The molecule has 2 fully saturated rings. The quantitative estimate of drug-likeness (QED) is 0.235. The van der Waals surface area contributed by atoms with Crippen molar-refractivity contribution >= 4 is 29.9 Å². The highest BCUT2D eigenvalue weighted by molar-refractivity contribution is 6.43. The first-order valence-corrected chi connectivity index (χ1v) is 14.2. The number of alkyl halides is 2. The number of carbonyl (C=O) groups is 2. The van der Waals surface area contributed by atoms with Crippen molar-refractivity contribution in [1.82, 2.24) is 15.1 Å². The van der Waals surface area contributed by atoms with Crippen LogP contribution in [0.2, 0.25) is 0 Å².